The van der Waals surface area contributed by atoms with Gasteiger partial charge in [0.15, 0.2) is 5.78 Å². The van der Waals surface area contributed by atoms with E-state index in [4.69, 9.17) is 5.73 Å². The van der Waals surface area contributed by atoms with Crippen molar-refractivity contribution in [1.82, 2.24) is 18.8 Å². The van der Waals surface area contributed by atoms with E-state index < -0.39 is 27.1 Å². The van der Waals surface area contributed by atoms with Crippen LogP contribution in [0.25, 0.3) is 0 Å². The molecule has 2 aromatic heterocycles. The van der Waals surface area contributed by atoms with E-state index in [1.807, 2.05) is 0 Å². The number of ketones is 1. The van der Waals surface area contributed by atoms with Gasteiger partial charge in [-0.3, -0.25) is 19.1 Å². The third-order valence-electron chi connectivity index (χ3n) is 4.21. The lowest BCUT2D eigenvalue weighted by atomic mass is 10.2. The van der Waals surface area contributed by atoms with Gasteiger partial charge in [0, 0.05) is 26.3 Å². The van der Waals surface area contributed by atoms with Crippen LogP contribution in [0.15, 0.2) is 37.8 Å². The minimum atomic E-state index is -3.59. The summed E-state index contributed by atoms with van der Waals surface area (Å²) in [5.74, 6) is -0.796. The molecule has 3 rings (SSSR count). The third-order valence-corrected chi connectivity index (χ3v) is 6.95. The number of hydrogen-bond acceptors (Lipinski definition) is 8. The highest BCUT2D eigenvalue weighted by atomic mass is 32.2. The Hall–Kier alpha value is -2.44. The number of sulfonamides is 1. The lowest BCUT2D eigenvalue weighted by molar-refractivity contribution is 0.102. The molecule has 0 atom stereocenters. The second-order valence-corrected chi connectivity index (χ2v) is 9.60. The Labute approximate surface area is 164 Å². The molecule has 0 spiro atoms. The van der Waals surface area contributed by atoms with E-state index in [2.05, 4.69) is 9.97 Å². The quantitative estimate of drug-likeness (QED) is 0.468. The molecule has 1 saturated carbocycles. The molecule has 0 amide bonds. The number of carbonyl (C=O) groups excluding carboxylic acids is 1. The van der Waals surface area contributed by atoms with Gasteiger partial charge in [-0.25, -0.2) is 22.5 Å². The topological polar surface area (TPSA) is 148 Å². The minimum Gasteiger partial charge on any atom is -0.384 e. The van der Waals surface area contributed by atoms with E-state index in [1.54, 1.807) is 0 Å². The summed E-state index contributed by atoms with van der Waals surface area (Å²) in [4.78, 5) is 42.7. The fourth-order valence-electron chi connectivity index (χ4n) is 2.56. The Balaban J connectivity index is 1.77. The lowest BCUT2D eigenvalue weighted by Crippen LogP contribution is -2.36. The fourth-order valence-corrected chi connectivity index (χ4v) is 4.12. The number of aromatic nitrogens is 3. The highest BCUT2D eigenvalue weighted by Gasteiger charge is 2.30. The molecule has 1 aliphatic rings. The molecule has 150 valence electrons. The van der Waals surface area contributed by atoms with Crippen molar-refractivity contribution in [1.29, 1.82) is 0 Å². The fraction of sp³-hybridized carbons (Fsp3) is 0.375. The number of rotatable bonds is 7. The average Bonchev–Trinajstić information content (AvgIpc) is 3.44. The molecule has 0 aromatic carbocycles. The van der Waals surface area contributed by atoms with Crippen molar-refractivity contribution in [3.8, 4) is 0 Å². The van der Waals surface area contributed by atoms with E-state index in [0.29, 0.717) is 5.03 Å². The molecule has 12 heteroatoms. The summed E-state index contributed by atoms with van der Waals surface area (Å²) in [6.07, 6.45) is 2.74. The summed E-state index contributed by atoms with van der Waals surface area (Å²) < 4.78 is 26.4. The molecule has 0 unspecified atom stereocenters. The number of nitrogens with zero attached hydrogens (tertiary/aromatic N) is 3. The van der Waals surface area contributed by atoms with Gasteiger partial charge in [-0.05, 0) is 25.0 Å². The van der Waals surface area contributed by atoms with Crippen molar-refractivity contribution in [2.75, 3.05) is 25.6 Å². The normalized spacial score (nSPS) is 14.4. The summed E-state index contributed by atoms with van der Waals surface area (Å²) in [5, 5.41) is 0.413. The van der Waals surface area contributed by atoms with Gasteiger partial charge in [0.1, 0.15) is 16.3 Å². The van der Waals surface area contributed by atoms with Gasteiger partial charge >= 0.3 is 5.69 Å². The molecular formula is C16H19N5O5S2. The Kier molecular flexibility index (Phi) is 5.46. The molecule has 28 heavy (non-hydrogen) atoms. The van der Waals surface area contributed by atoms with Crippen LogP contribution in [-0.2, 0) is 10.0 Å². The summed E-state index contributed by atoms with van der Waals surface area (Å²) in [7, 11) is -0.757. The highest BCUT2D eigenvalue weighted by Crippen LogP contribution is 2.35. The van der Waals surface area contributed by atoms with Gasteiger partial charge < -0.3 is 5.73 Å². The lowest BCUT2D eigenvalue weighted by Gasteiger charge is -2.11. The molecule has 0 saturated heterocycles. The minimum absolute atomic E-state index is 0.0328. The van der Waals surface area contributed by atoms with Crippen LogP contribution in [0.5, 0.6) is 0 Å². The summed E-state index contributed by atoms with van der Waals surface area (Å²) in [6.45, 7) is 0. The van der Waals surface area contributed by atoms with E-state index in [-0.39, 0.29) is 28.1 Å². The Morgan fingerprint density at radius 2 is 2.04 bits per heavy atom. The van der Waals surface area contributed by atoms with Gasteiger partial charge in [-0.15, -0.1) is 0 Å². The third kappa shape index (κ3) is 3.88. The zero-order valence-corrected chi connectivity index (χ0v) is 16.8. The van der Waals surface area contributed by atoms with Crippen molar-refractivity contribution in [2.45, 2.75) is 28.8 Å². The molecule has 1 fully saturated rings. The van der Waals surface area contributed by atoms with Gasteiger partial charge in [0.2, 0.25) is 10.0 Å². The van der Waals surface area contributed by atoms with Crippen molar-refractivity contribution in [2.24, 2.45) is 0 Å². The molecule has 0 aliphatic heterocycles. The van der Waals surface area contributed by atoms with Crippen LogP contribution in [0.1, 0.15) is 29.2 Å². The molecule has 3 N–H and O–H groups in total. The maximum absolute atomic E-state index is 12.5. The van der Waals surface area contributed by atoms with Crippen LogP contribution >= 0.6 is 11.8 Å². The molecule has 10 nitrogen and oxygen atoms in total. The molecule has 0 radical (unpaired) electrons. The van der Waals surface area contributed by atoms with Crippen molar-refractivity contribution in [3.63, 3.8) is 0 Å². The number of nitrogen functional groups attached to an aromatic ring is 1. The summed E-state index contributed by atoms with van der Waals surface area (Å²) in [6, 6.07) is 2.78. The number of anilines is 1. The first-order valence-electron chi connectivity index (χ1n) is 8.31. The monoisotopic (exact) mass is 425 g/mol. The van der Waals surface area contributed by atoms with Crippen LogP contribution in [0, 0.1) is 0 Å². The van der Waals surface area contributed by atoms with E-state index in [1.165, 1.54) is 37.0 Å². The number of Topliss-reactive ketones (excluding diaryl/α,β-unsaturated/α-hetero) is 1. The smallest absolute Gasteiger partial charge is 0.330 e. The molecule has 1 aliphatic carbocycles. The maximum atomic E-state index is 12.5. The number of nitrogens with one attached hydrogen (secondary N) is 1. The first kappa shape index (κ1) is 20.3. The first-order chi connectivity index (χ1) is 13.1. The van der Waals surface area contributed by atoms with E-state index >= 15 is 0 Å². The maximum Gasteiger partial charge on any atom is 0.330 e. The number of nitrogens with two attached hydrogens (primary N) is 1. The molecule has 2 aromatic rings. The van der Waals surface area contributed by atoms with E-state index in [9.17, 15) is 22.8 Å². The Morgan fingerprint density at radius 3 is 2.57 bits per heavy atom. The van der Waals surface area contributed by atoms with Gasteiger partial charge in [0.25, 0.3) is 5.56 Å². The molecule has 0 bridgehead atoms. The average molecular weight is 425 g/mol. The number of pyridine rings is 1. The standard InChI is InChI=1S/C16H19N5O5S2/c1-20(2)28(25,26)10-5-6-12(18-7-10)27-8-11(22)13-14(17)21(9-3-4-9)16(24)19-15(13)23/h5-7,9H,3-4,8,17H2,1-2H3,(H,19,23,24). The number of thioether (sulfide) groups is 1. The highest BCUT2D eigenvalue weighted by molar-refractivity contribution is 7.99. The van der Waals surface area contributed by atoms with Gasteiger partial charge in [-0.2, -0.15) is 0 Å². The van der Waals surface area contributed by atoms with Crippen molar-refractivity contribution < 1.29 is 13.2 Å². The Morgan fingerprint density at radius 1 is 1.36 bits per heavy atom. The Bertz CT molecular complexity index is 1130. The van der Waals surface area contributed by atoms with Crippen LogP contribution in [0.4, 0.5) is 5.82 Å². The number of aromatic amines is 1. The number of H-pyrrole nitrogens is 1. The SMILES string of the molecule is CN(C)S(=O)(=O)c1ccc(SCC(=O)c2c(N)n(C3CC3)c(=O)[nH]c2=O)nc1. The molecular weight excluding hydrogens is 406 g/mol. The first-order valence-corrected chi connectivity index (χ1v) is 10.7. The van der Waals surface area contributed by atoms with Crippen molar-refractivity contribution >= 4 is 33.4 Å². The zero-order valence-electron chi connectivity index (χ0n) is 15.2. The van der Waals surface area contributed by atoms with Gasteiger partial charge in [-0.1, -0.05) is 11.8 Å². The summed E-state index contributed by atoms with van der Waals surface area (Å²) >= 11 is 1.04. The number of hydrogen-bond donors (Lipinski definition) is 2. The second-order valence-electron chi connectivity index (χ2n) is 6.45. The van der Waals surface area contributed by atoms with E-state index in [0.717, 1.165) is 28.9 Å². The zero-order chi connectivity index (χ0) is 20.6. The van der Waals surface area contributed by atoms with Crippen LogP contribution in [0.3, 0.4) is 0 Å². The van der Waals surface area contributed by atoms with Crippen LogP contribution in [-0.4, -0.2) is 52.9 Å². The number of carbonyl (C=O) groups is 1. The van der Waals surface area contributed by atoms with Crippen LogP contribution < -0.4 is 17.0 Å². The second kappa shape index (κ2) is 7.53. The summed E-state index contributed by atoms with van der Waals surface area (Å²) in [5.41, 5.74) is 4.24. The predicted molar refractivity (Wildman–Crippen MR) is 104 cm³/mol. The van der Waals surface area contributed by atoms with Crippen molar-refractivity contribution in [3.05, 3.63) is 44.7 Å². The largest absolute Gasteiger partial charge is 0.384 e. The molecule has 2 heterocycles. The van der Waals surface area contributed by atoms with Crippen LogP contribution in [0.2, 0.25) is 0 Å². The van der Waals surface area contributed by atoms with Gasteiger partial charge in [0.05, 0.1) is 10.8 Å². The predicted octanol–water partition coefficient (Wildman–Crippen LogP) is 0.0740.